The molecule has 0 saturated heterocycles. The molecule has 7 nitrogen and oxygen atoms in total. The predicted octanol–water partition coefficient (Wildman–Crippen LogP) is 0.824. The molecule has 0 spiro atoms. The number of hydrogen-bond acceptors (Lipinski definition) is 4. The Kier molecular flexibility index (Phi) is 2.06. The van der Waals surface area contributed by atoms with Crippen molar-refractivity contribution in [1.29, 1.82) is 0 Å². The second kappa shape index (κ2) is 3.66. The van der Waals surface area contributed by atoms with Crippen molar-refractivity contribution in [1.82, 2.24) is 30.9 Å². The number of rotatable bonds is 4. The minimum atomic E-state index is -0.415. The third kappa shape index (κ3) is 1.73. The molecule has 7 heteroatoms. The second-order valence-electron chi connectivity index (χ2n) is 5.35. The van der Waals surface area contributed by atoms with E-state index in [-0.39, 0.29) is 5.91 Å². The summed E-state index contributed by atoms with van der Waals surface area (Å²) < 4.78 is 0. The van der Waals surface area contributed by atoms with Gasteiger partial charge in [0.05, 0.1) is 5.56 Å². The number of nitrogens with one attached hydrogen (secondary N) is 3. The minimum Gasteiger partial charge on any atom is -0.364 e. The van der Waals surface area contributed by atoms with Gasteiger partial charge in [0.15, 0.2) is 5.82 Å². The fraction of sp³-hybridized carbons (Fsp3) is 0.500. The number of H-pyrrole nitrogens is 2. The number of aromatic amines is 2. The summed E-state index contributed by atoms with van der Waals surface area (Å²) in [4.78, 5) is 15.6. The number of carbonyl (C=O) groups excluding carboxylic acids is 1. The zero-order chi connectivity index (χ0) is 12.9. The average molecular weight is 258 g/mol. The van der Waals surface area contributed by atoms with Crippen molar-refractivity contribution in [3.63, 3.8) is 0 Å². The number of carbonyl (C=O) groups is 1. The van der Waals surface area contributed by atoms with Gasteiger partial charge >= 0.3 is 0 Å². The molecular weight excluding hydrogens is 244 g/mol. The monoisotopic (exact) mass is 258 g/mol. The van der Waals surface area contributed by atoms with Crippen LogP contribution in [0.3, 0.4) is 0 Å². The summed E-state index contributed by atoms with van der Waals surface area (Å²) in [6.45, 7) is 0. The van der Waals surface area contributed by atoms with Gasteiger partial charge in [-0.05, 0) is 37.7 Å². The van der Waals surface area contributed by atoms with Crippen LogP contribution < -0.4 is 5.32 Å². The number of aromatic nitrogens is 5. The predicted molar refractivity (Wildman–Crippen MR) is 65.3 cm³/mol. The van der Waals surface area contributed by atoms with Crippen LogP contribution in [0.5, 0.6) is 0 Å². The molecule has 0 unspecified atom stereocenters. The van der Waals surface area contributed by atoms with Crippen LogP contribution in [0.25, 0.3) is 0 Å². The minimum absolute atomic E-state index is 0.0505. The Labute approximate surface area is 109 Å². The molecule has 2 aliphatic rings. The molecule has 1 amide bonds. The highest BCUT2D eigenvalue weighted by molar-refractivity contribution is 5.96. The molecule has 3 N–H and O–H groups in total. The van der Waals surface area contributed by atoms with E-state index in [0.717, 1.165) is 36.9 Å². The van der Waals surface area contributed by atoms with Crippen molar-refractivity contribution in [2.24, 2.45) is 0 Å². The topological polar surface area (TPSA) is 99.3 Å². The molecule has 2 saturated carbocycles. The second-order valence-corrected chi connectivity index (χ2v) is 5.35. The molecule has 0 aromatic carbocycles. The van der Waals surface area contributed by atoms with E-state index < -0.39 is 5.54 Å². The van der Waals surface area contributed by atoms with Crippen LogP contribution in [-0.2, 0) is 5.54 Å². The molecule has 2 fully saturated rings. The lowest BCUT2D eigenvalue weighted by Crippen LogP contribution is -2.36. The van der Waals surface area contributed by atoms with Crippen LogP contribution in [0.15, 0.2) is 12.3 Å². The Bertz CT molecular complexity index is 608. The van der Waals surface area contributed by atoms with Gasteiger partial charge in [0.2, 0.25) is 0 Å². The highest BCUT2D eigenvalue weighted by atomic mass is 16.1. The van der Waals surface area contributed by atoms with Crippen molar-refractivity contribution in [3.05, 3.63) is 29.3 Å². The summed E-state index contributed by atoms with van der Waals surface area (Å²) in [6, 6.07) is 1.84. The fourth-order valence-electron chi connectivity index (χ4n) is 2.47. The van der Waals surface area contributed by atoms with Gasteiger partial charge in [-0.2, -0.15) is 5.21 Å². The van der Waals surface area contributed by atoms with Crippen LogP contribution >= 0.6 is 0 Å². The van der Waals surface area contributed by atoms with E-state index in [4.69, 9.17) is 0 Å². The Morgan fingerprint density at radius 3 is 2.89 bits per heavy atom. The highest BCUT2D eigenvalue weighted by Gasteiger charge is 2.50. The first-order valence-corrected chi connectivity index (χ1v) is 6.52. The summed E-state index contributed by atoms with van der Waals surface area (Å²) in [6.07, 6.45) is 5.88. The van der Waals surface area contributed by atoms with Gasteiger partial charge in [0, 0.05) is 11.9 Å². The standard InChI is InChI=1S/C12H14N6O/c19-10(8-3-6-13-9(8)7-1-2-7)14-12(4-5-12)11-15-17-18-16-11/h3,6-7,13H,1-2,4-5H2,(H,14,19)(H,15,16,17,18). The molecule has 2 aliphatic carbocycles. The largest absolute Gasteiger partial charge is 0.364 e. The Balaban J connectivity index is 1.57. The number of hydrogen-bond donors (Lipinski definition) is 3. The van der Waals surface area contributed by atoms with Gasteiger partial charge in [-0.1, -0.05) is 5.21 Å². The molecule has 0 radical (unpaired) electrons. The van der Waals surface area contributed by atoms with Crippen LogP contribution in [0.4, 0.5) is 0 Å². The molecule has 0 aliphatic heterocycles. The maximum atomic E-state index is 12.4. The smallest absolute Gasteiger partial charge is 0.253 e. The maximum absolute atomic E-state index is 12.4. The lowest BCUT2D eigenvalue weighted by atomic mass is 10.1. The van der Waals surface area contributed by atoms with Crippen LogP contribution in [0.1, 0.15) is 53.5 Å². The lowest BCUT2D eigenvalue weighted by molar-refractivity contribution is 0.0928. The van der Waals surface area contributed by atoms with Crippen LogP contribution in [0, 0.1) is 0 Å². The molecule has 2 aromatic rings. The van der Waals surface area contributed by atoms with Crippen LogP contribution in [0.2, 0.25) is 0 Å². The SMILES string of the molecule is O=C(NC1(c2nn[nH]n2)CC1)c1cc[nH]c1C1CC1. The molecule has 98 valence electrons. The van der Waals surface area contributed by atoms with Gasteiger partial charge in [-0.25, -0.2) is 0 Å². The third-order valence-corrected chi connectivity index (χ3v) is 3.89. The van der Waals surface area contributed by atoms with Gasteiger partial charge in [-0.3, -0.25) is 4.79 Å². The third-order valence-electron chi connectivity index (χ3n) is 3.89. The average Bonchev–Trinajstić information content (AvgIpc) is 3.29. The Hall–Kier alpha value is -2.18. The summed E-state index contributed by atoms with van der Waals surface area (Å²) in [5.74, 6) is 1.05. The molecule has 2 aromatic heterocycles. The fourth-order valence-corrected chi connectivity index (χ4v) is 2.47. The summed E-state index contributed by atoms with van der Waals surface area (Å²) in [7, 11) is 0. The number of nitrogens with zero attached hydrogens (tertiary/aromatic N) is 3. The Morgan fingerprint density at radius 1 is 1.42 bits per heavy atom. The maximum Gasteiger partial charge on any atom is 0.253 e. The first-order valence-electron chi connectivity index (χ1n) is 6.52. The van der Waals surface area contributed by atoms with Gasteiger partial charge in [0.25, 0.3) is 5.91 Å². The van der Waals surface area contributed by atoms with E-state index in [1.165, 1.54) is 0 Å². The quantitative estimate of drug-likeness (QED) is 0.756. The van der Waals surface area contributed by atoms with Crippen molar-refractivity contribution in [2.75, 3.05) is 0 Å². The number of tetrazole rings is 1. The van der Waals surface area contributed by atoms with E-state index in [1.807, 2.05) is 12.3 Å². The molecule has 19 heavy (non-hydrogen) atoms. The lowest BCUT2D eigenvalue weighted by Gasteiger charge is -2.13. The normalized spacial score (nSPS) is 20.2. The van der Waals surface area contributed by atoms with Crippen molar-refractivity contribution in [3.8, 4) is 0 Å². The summed E-state index contributed by atoms with van der Waals surface area (Å²) >= 11 is 0. The van der Waals surface area contributed by atoms with E-state index in [0.29, 0.717) is 11.7 Å². The molecular formula is C12H14N6O. The van der Waals surface area contributed by atoms with Crippen LogP contribution in [-0.4, -0.2) is 31.5 Å². The van der Waals surface area contributed by atoms with E-state index in [2.05, 4.69) is 30.9 Å². The van der Waals surface area contributed by atoms with Crippen molar-refractivity contribution >= 4 is 5.91 Å². The zero-order valence-electron chi connectivity index (χ0n) is 10.3. The highest BCUT2D eigenvalue weighted by Crippen LogP contribution is 2.44. The number of amides is 1. The Morgan fingerprint density at radius 2 is 2.26 bits per heavy atom. The van der Waals surface area contributed by atoms with Crippen molar-refractivity contribution < 1.29 is 4.79 Å². The van der Waals surface area contributed by atoms with Gasteiger partial charge < -0.3 is 10.3 Å². The van der Waals surface area contributed by atoms with E-state index >= 15 is 0 Å². The van der Waals surface area contributed by atoms with Gasteiger partial charge in [-0.15, -0.1) is 10.2 Å². The van der Waals surface area contributed by atoms with Gasteiger partial charge in [0.1, 0.15) is 5.54 Å². The zero-order valence-corrected chi connectivity index (χ0v) is 10.3. The summed E-state index contributed by atoms with van der Waals surface area (Å²) in [5, 5.41) is 17.0. The molecule has 2 heterocycles. The van der Waals surface area contributed by atoms with E-state index in [1.54, 1.807) is 0 Å². The molecule has 0 atom stereocenters. The summed E-state index contributed by atoms with van der Waals surface area (Å²) in [5.41, 5.74) is 1.39. The van der Waals surface area contributed by atoms with E-state index in [9.17, 15) is 4.79 Å². The van der Waals surface area contributed by atoms with Crippen molar-refractivity contribution in [2.45, 2.75) is 37.1 Å². The molecule has 4 rings (SSSR count). The molecule has 0 bridgehead atoms. The first-order chi connectivity index (χ1) is 9.28. The first kappa shape index (κ1) is 10.7.